The molecule has 7 nitrogen and oxygen atoms in total. The lowest BCUT2D eigenvalue weighted by Gasteiger charge is -2.18. The summed E-state index contributed by atoms with van der Waals surface area (Å²) >= 11 is 0. The van der Waals surface area contributed by atoms with E-state index in [0.29, 0.717) is 24.7 Å². The molecule has 0 bridgehead atoms. The predicted octanol–water partition coefficient (Wildman–Crippen LogP) is 1.91. The molecule has 29 heavy (non-hydrogen) atoms. The number of carbonyl (C=O) groups is 2. The Bertz CT molecular complexity index is 809. The van der Waals surface area contributed by atoms with Gasteiger partial charge in [0.05, 0.1) is 20.2 Å². The molecule has 2 amide bonds. The topological polar surface area (TPSA) is 71.1 Å². The maximum atomic E-state index is 12.1. The lowest BCUT2D eigenvalue weighted by atomic mass is 10.2. The fraction of sp³-hybridized carbons (Fsp3) is 0.364. The number of ether oxygens (including phenoxy) is 2. The molecular weight excluding hydrogens is 370 g/mol. The first kappa shape index (κ1) is 22.2. The molecular formula is C22H29N3O4. The van der Waals surface area contributed by atoms with Gasteiger partial charge in [-0.3, -0.25) is 14.5 Å². The Hall–Kier alpha value is -3.06. The third-order valence-electron chi connectivity index (χ3n) is 4.27. The minimum absolute atomic E-state index is 0.0453. The minimum Gasteiger partial charge on any atom is -0.493 e. The van der Waals surface area contributed by atoms with Gasteiger partial charge in [0.25, 0.3) is 0 Å². The zero-order valence-corrected chi connectivity index (χ0v) is 17.5. The van der Waals surface area contributed by atoms with Crippen LogP contribution in [0.15, 0.2) is 48.5 Å². The Labute approximate surface area is 172 Å². The van der Waals surface area contributed by atoms with Crippen molar-refractivity contribution in [1.29, 1.82) is 0 Å². The van der Waals surface area contributed by atoms with Crippen LogP contribution in [0.4, 0.5) is 0 Å². The van der Waals surface area contributed by atoms with Crippen molar-refractivity contribution in [3.05, 3.63) is 59.7 Å². The fourth-order valence-electron chi connectivity index (χ4n) is 2.61. The highest BCUT2D eigenvalue weighted by Crippen LogP contribution is 2.28. The number of amides is 2. The van der Waals surface area contributed by atoms with Gasteiger partial charge in [0.1, 0.15) is 6.61 Å². The molecule has 0 saturated heterocycles. The lowest BCUT2D eigenvalue weighted by Crippen LogP contribution is -2.40. The van der Waals surface area contributed by atoms with Crippen LogP contribution in [-0.4, -0.2) is 63.0 Å². The molecule has 2 aromatic rings. The highest BCUT2D eigenvalue weighted by atomic mass is 16.5. The smallest absolute Gasteiger partial charge is 0.236 e. The minimum atomic E-state index is -0.151. The fourth-order valence-corrected chi connectivity index (χ4v) is 2.61. The maximum absolute atomic E-state index is 12.1. The van der Waals surface area contributed by atoms with E-state index >= 15 is 0 Å². The second kappa shape index (κ2) is 11.1. The van der Waals surface area contributed by atoms with E-state index in [9.17, 15) is 9.59 Å². The molecule has 0 spiro atoms. The van der Waals surface area contributed by atoms with Crippen molar-refractivity contribution in [2.75, 3.05) is 41.3 Å². The van der Waals surface area contributed by atoms with Crippen molar-refractivity contribution in [3.63, 3.8) is 0 Å². The number of likely N-dealkylation sites (N-methyl/N-ethyl adjacent to an activating group) is 2. The van der Waals surface area contributed by atoms with Crippen LogP contribution in [0.25, 0.3) is 0 Å². The van der Waals surface area contributed by atoms with E-state index in [2.05, 4.69) is 5.32 Å². The molecule has 1 N–H and O–H groups in total. The normalized spacial score (nSPS) is 10.5. The molecule has 156 valence electrons. The van der Waals surface area contributed by atoms with Gasteiger partial charge in [-0.1, -0.05) is 36.4 Å². The Morgan fingerprint density at radius 1 is 0.931 bits per heavy atom. The molecule has 2 rings (SSSR count). The monoisotopic (exact) mass is 399 g/mol. The predicted molar refractivity (Wildman–Crippen MR) is 112 cm³/mol. The van der Waals surface area contributed by atoms with E-state index in [0.717, 1.165) is 11.1 Å². The highest BCUT2D eigenvalue weighted by molar-refractivity contribution is 5.80. The van der Waals surface area contributed by atoms with Crippen LogP contribution in [0, 0.1) is 0 Å². The average molecular weight is 399 g/mol. The third kappa shape index (κ3) is 7.46. The number of nitrogens with one attached hydrogen (secondary N) is 1. The van der Waals surface area contributed by atoms with Crippen LogP contribution in [0.5, 0.6) is 11.5 Å². The number of hydrogen-bond donors (Lipinski definition) is 1. The van der Waals surface area contributed by atoms with Crippen molar-refractivity contribution >= 4 is 11.8 Å². The molecule has 0 radical (unpaired) electrons. The van der Waals surface area contributed by atoms with Gasteiger partial charge in [0.2, 0.25) is 11.8 Å². The summed E-state index contributed by atoms with van der Waals surface area (Å²) < 4.78 is 11.3. The number of hydrogen-bond acceptors (Lipinski definition) is 5. The molecule has 7 heteroatoms. The van der Waals surface area contributed by atoms with Crippen LogP contribution in [0.3, 0.4) is 0 Å². The van der Waals surface area contributed by atoms with Crippen molar-refractivity contribution in [3.8, 4) is 11.5 Å². The van der Waals surface area contributed by atoms with Gasteiger partial charge < -0.3 is 19.7 Å². The molecule has 0 aliphatic rings. The number of methoxy groups -OCH3 is 1. The summed E-state index contributed by atoms with van der Waals surface area (Å²) in [6.45, 7) is 1.16. The lowest BCUT2D eigenvalue weighted by molar-refractivity contribution is -0.130. The van der Waals surface area contributed by atoms with Crippen LogP contribution >= 0.6 is 0 Å². The van der Waals surface area contributed by atoms with Gasteiger partial charge in [-0.25, -0.2) is 0 Å². The quantitative estimate of drug-likeness (QED) is 0.661. The Kier molecular flexibility index (Phi) is 8.48. The second-order valence-corrected chi connectivity index (χ2v) is 7.00. The zero-order valence-electron chi connectivity index (χ0n) is 17.5. The molecule has 0 aliphatic heterocycles. The summed E-state index contributed by atoms with van der Waals surface area (Å²) in [7, 11) is 6.71. The maximum Gasteiger partial charge on any atom is 0.236 e. The molecule has 0 heterocycles. The van der Waals surface area contributed by atoms with E-state index in [1.165, 1.54) is 4.90 Å². The molecule has 2 aromatic carbocycles. The molecule has 0 atom stereocenters. The van der Waals surface area contributed by atoms with E-state index < -0.39 is 0 Å². The van der Waals surface area contributed by atoms with Crippen molar-refractivity contribution in [2.24, 2.45) is 0 Å². The standard InChI is InChI=1S/C22H29N3O4/c1-24(2)22(27)15-25(3)14-21(26)23-13-18-10-11-19(20(12-18)28-4)29-16-17-8-6-5-7-9-17/h5-12H,13-16H2,1-4H3,(H,23,26). The van der Waals surface area contributed by atoms with E-state index in [1.54, 1.807) is 33.2 Å². The van der Waals surface area contributed by atoms with Gasteiger partial charge in [0.15, 0.2) is 11.5 Å². The molecule has 0 aromatic heterocycles. The SMILES string of the molecule is COc1cc(CNC(=O)CN(C)CC(=O)N(C)C)ccc1OCc1ccccc1. The summed E-state index contributed by atoms with van der Waals surface area (Å²) in [5.41, 5.74) is 1.97. The number of rotatable bonds is 10. The van der Waals surface area contributed by atoms with Crippen molar-refractivity contribution in [2.45, 2.75) is 13.2 Å². The van der Waals surface area contributed by atoms with E-state index in [1.807, 2.05) is 48.5 Å². The third-order valence-corrected chi connectivity index (χ3v) is 4.27. The van der Waals surface area contributed by atoms with Gasteiger partial charge in [-0.2, -0.15) is 0 Å². The number of nitrogens with zero attached hydrogens (tertiary/aromatic N) is 2. The van der Waals surface area contributed by atoms with Crippen LogP contribution < -0.4 is 14.8 Å². The van der Waals surface area contributed by atoms with Gasteiger partial charge >= 0.3 is 0 Å². The molecule has 0 saturated carbocycles. The van der Waals surface area contributed by atoms with E-state index in [4.69, 9.17) is 9.47 Å². The van der Waals surface area contributed by atoms with Crippen LogP contribution in [0.1, 0.15) is 11.1 Å². The van der Waals surface area contributed by atoms with Gasteiger partial charge in [-0.05, 0) is 30.3 Å². The van der Waals surface area contributed by atoms with Crippen molar-refractivity contribution < 1.29 is 19.1 Å². The Balaban J connectivity index is 1.86. The first-order valence-corrected chi connectivity index (χ1v) is 9.38. The first-order chi connectivity index (χ1) is 13.9. The Morgan fingerprint density at radius 2 is 1.66 bits per heavy atom. The highest BCUT2D eigenvalue weighted by Gasteiger charge is 2.12. The zero-order chi connectivity index (χ0) is 21.2. The van der Waals surface area contributed by atoms with Crippen LogP contribution in [-0.2, 0) is 22.7 Å². The summed E-state index contributed by atoms with van der Waals surface area (Å²) in [4.78, 5) is 27.0. The summed E-state index contributed by atoms with van der Waals surface area (Å²) in [6.07, 6.45) is 0. The van der Waals surface area contributed by atoms with Crippen molar-refractivity contribution in [1.82, 2.24) is 15.1 Å². The Morgan fingerprint density at radius 3 is 2.31 bits per heavy atom. The van der Waals surface area contributed by atoms with Gasteiger partial charge in [0, 0.05) is 20.6 Å². The molecule has 0 aliphatic carbocycles. The van der Waals surface area contributed by atoms with Gasteiger partial charge in [-0.15, -0.1) is 0 Å². The first-order valence-electron chi connectivity index (χ1n) is 9.38. The van der Waals surface area contributed by atoms with Crippen LogP contribution in [0.2, 0.25) is 0 Å². The molecule has 0 unspecified atom stereocenters. The average Bonchev–Trinajstić information content (AvgIpc) is 2.71. The second-order valence-electron chi connectivity index (χ2n) is 7.00. The summed E-state index contributed by atoms with van der Waals surface area (Å²) in [6, 6.07) is 15.5. The summed E-state index contributed by atoms with van der Waals surface area (Å²) in [5.74, 6) is 1.06. The van der Waals surface area contributed by atoms with E-state index in [-0.39, 0.29) is 24.9 Å². The number of benzene rings is 2. The largest absolute Gasteiger partial charge is 0.493 e. The molecule has 0 fully saturated rings. The number of carbonyl (C=O) groups excluding carboxylic acids is 2. The summed E-state index contributed by atoms with van der Waals surface area (Å²) in [5, 5.41) is 2.86.